The topological polar surface area (TPSA) is 64.3 Å². The average molecular weight is 290 g/mol. The molecule has 1 aliphatic rings. The summed E-state index contributed by atoms with van der Waals surface area (Å²) in [7, 11) is 0. The quantitative estimate of drug-likeness (QED) is 0.876. The Balaban J connectivity index is 1.95. The van der Waals surface area contributed by atoms with E-state index in [1.54, 1.807) is 6.92 Å². The maximum Gasteiger partial charge on any atom is 0.260 e. The first-order chi connectivity index (χ1) is 9.97. The lowest BCUT2D eigenvalue weighted by Crippen LogP contribution is -2.41. The van der Waals surface area contributed by atoms with E-state index in [0.717, 1.165) is 29.7 Å². The molecule has 3 N–H and O–H groups in total. The Morgan fingerprint density at radius 1 is 1.33 bits per heavy atom. The Hall–Kier alpha value is -1.55. The molecule has 0 spiro atoms. The van der Waals surface area contributed by atoms with E-state index in [0.29, 0.717) is 6.04 Å². The number of nitrogens with two attached hydrogens (primary N) is 1. The van der Waals surface area contributed by atoms with Crippen LogP contribution in [0.15, 0.2) is 18.2 Å². The Labute approximate surface area is 127 Å². The van der Waals surface area contributed by atoms with Crippen LogP contribution in [0.4, 0.5) is 0 Å². The van der Waals surface area contributed by atoms with Crippen molar-refractivity contribution < 1.29 is 9.53 Å². The van der Waals surface area contributed by atoms with E-state index >= 15 is 0 Å². The number of aryl methyl sites for hydroxylation is 1. The molecule has 1 unspecified atom stereocenters. The lowest BCUT2D eigenvalue weighted by Gasteiger charge is -2.19. The Bertz CT molecular complexity index is 494. The number of ether oxygens (including phenoxy) is 1. The number of carbonyl (C=O) groups excluding carboxylic acids is 1. The molecule has 0 heterocycles. The molecule has 1 aromatic carbocycles. The van der Waals surface area contributed by atoms with Crippen molar-refractivity contribution in [2.75, 3.05) is 0 Å². The highest BCUT2D eigenvalue weighted by Crippen LogP contribution is 2.23. The van der Waals surface area contributed by atoms with Gasteiger partial charge in [0.15, 0.2) is 6.10 Å². The summed E-state index contributed by atoms with van der Waals surface area (Å²) in [5.74, 6) is 0.714. The second-order valence-electron chi connectivity index (χ2n) is 6.06. The minimum absolute atomic E-state index is 0.000777. The molecule has 0 aliphatic heterocycles. The summed E-state index contributed by atoms with van der Waals surface area (Å²) in [6, 6.07) is 6.19. The first kappa shape index (κ1) is 15.8. The highest BCUT2D eigenvalue weighted by atomic mass is 16.5. The first-order valence-electron chi connectivity index (χ1n) is 7.80. The van der Waals surface area contributed by atoms with Crippen LogP contribution in [0.3, 0.4) is 0 Å². The third-order valence-electron chi connectivity index (χ3n) is 4.10. The van der Waals surface area contributed by atoms with Gasteiger partial charge >= 0.3 is 0 Å². The fraction of sp³-hybridized carbons (Fsp3) is 0.588. The molecule has 4 heteroatoms. The van der Waals surface area contributed by atoms with Crippen molar-refractivity contribution in [2.45, 2.75) is 64.6 Å². The molecule has 0 bridgehead atoms. The van der Waals surface area contributed by atoms with Gasteiger partial charge in [-0.2, -0.15) is 0 Å². The summed E-state index contributed by atoms with van der Waals surface area (Å²) < 4.78 is 5.80. The standard InChI is InChI=1S/C17H26N2O2/c1-11-10-14(12(2)18)8-9-16(11)21-13(3)17(20)19-15-6-4-5-7-15/h8-10,12-13,15H,4-7,18H2,1-3H3,(H,19,20)/t12-,13?/m0/s1. The van der Waals surface area contributed by atoms with Crippen LogP contribution in [0.5, 0.6) is 5.75 Å². The van der Waals surface area contributed by atoms with E-state index in [4.69, 9.17) is 10.5 Å². The van der Waals surface area contributed by atoms with Crippen LogP contribution in [0, 0.1) is 6.92 Å². The molecule has 0 radical (unpaired) electrons. The lowest BCUT2D eigenvalue weighted by atomic mass is 10.1. The van der Waals surface area contributed by atoms with Crippen molar-refractivity contribution in [1.82, 2.24) is 5.32 Å². The van der Waals surface area contributed by atoms with Crippen LogP contribution >= 0.6 is 0 Å². The smallest absolute Gasteiger partial charge is 0.260 e. The monoisotopic (exact) mass is 290 g/mol. The highest BCUT2D eigenvalue weighted by molar-refractivity contribution is 5.81. The van der Waals surface area contributed by atoms with Crippen molar-refractivity contribution in [2.24, 2.45) is 5.73 Å². The van der Waals surface area contributed by atoms with Crippen LogP contribution in [-0.2, 0) is 4.79 Å². The maximum absolute atomic E-state index is 12.1. The fourth-order valence-corrected chi connectivity index (χ4v) is 2.72. The molecule has 2 rings (SSSR count). The van der Waals surface area contributed by atoms with Gasteiger partial charge in [0.25, 0.3) is 5.91 Å². The largest absolute Gasteiger partial charge is 0.481 e. The van der Waals surface area contributed by atoms with Crippen molar-refractivity contribution in [3.8, 4) is 5.75 Å². The summed E-state index contributed by atoms with van der Waals surface area (Å²) >= 11 is 0. The van der Waals surface area contributed by atoms with Crippen LogP contribution in [0.1, 0.15) is 56.7 Å². The number of nitrogens with one attached hydrogen (secondary N) is 1. The zero-order valence-electron chi connectivity index (χ0n) is 13.2. The summed E-state index contributed by atoms with van der Waals surface area (Å²) in [6.07, 6.45) is 4.10. The van der Waals surface area contributed by atoms with Crippen LogP contribution in [0.2, 0.25) is 0 Å². The Kier molecular flexibility index (Phi) is 5.23. The SMILES string of the molecule is Cc1cc([C@H](C)N)ccc1OC(C)C(=O)NC1CCCC1. The van der Waals surface area contributed by atoms with E-state index in [1.165, 1.54) is 12.8 Å². The average Bonchev–Trinajstić information content (AvgIpc) is 2.93. The summed E-state index contributed by atoms with van der Waals surface area (Å²) in [4.78, 5) is 12.1. The molecular weight excluding hydrogens is 264 g/mol. The van der Waals surface area contributed by atoms with E-state index in [-0.39, 0.29) is 11.9 Å². The van der Waals surface area contributed by atoms with Crippen LogP contribution in [-0.4, -0.2) is 18.1 Å². The number of benzene rings is 1. The maximum atomic E-state index is 12.1. The zero-order valence-corrected chi connectivity index (χ0v) is 13.2. The van der Waals surface area contributed by atoms with Gasteiger partial charge in [0, 0.05) is 12.1 Å². The minimum Gasteiger partial charge on any atom is -0.481 e. The van der Waals surface area contributed by atoms with E-state index in [9.17, 15) is 4.79 Å². The first-order valence-corrected chi connectivity index (χ1v) is 7.80. The molecular formula is C17H26N2O2. The Morgan fingerprint density at radius 2 is 2.00 bits per heavy atom. The summed E-state index contributed by atoms with van der Waals surface area (Å²) in [5.41, 5.74) is 7.95. The van der Waals surface area contributed by atoms with E-state index in [2.05, 4.69) is 5.32 Å². The van der Waals surface area contributed by atoms with E-state index in [1.807, 2.05) is 32.0 Å². The third kappa shape index (κ3) is 4.21. The van der Waals surface area contributed by atoms with Gasteiger partial charge < -0.3 is 15.8 Å². The van der Waals surface area contributed by atoms with Gasteiger partial charge in [-0.1, -0.05) is 25.0 Å². The molecule has 0 aromatic heterocycles. The molecule has 1 aromatic rings. The molecule has 1 saturated carbocycles. The predicted octanol–water partition coefficient (Wildman–Crippen LogP) is 2.84. The molecule has 0 saturated heterocycles. The van der Waals surface area contributed by atoms with E-state index < -0.39 is 6.10 Å². The van der Waals surface area contributed by atoms with Crippen molar-refractivity contribution in [3.05, 3.63) is 29.3 Å². The van der Waals surface area contributed by atoms with Crippen LogP contribution in [0.25, 0.3) is 0 Å². The second kappa shape index (κ2) is 6.94. The number of hydrogen-bond acceptors (Lipinski definition) is 3. The molecule has 1 amide bonds. The predicted molar refractivity (Wildman–Crippen MR) is 84.3 cm³/mol. The van der Waals surface area contributed by atoms with Gasteiger partial charge in [-0.3, -0.25) is 4.79 Å². The third-order valence-corrected chi connectivity index (χ3v) is 4.10. The minimum atomic E-state index is -0.481. The van der Waals surface area contributed by atoms with Crippen molar-refractivity contribution in [1.29, 1.82) is 0 Å². The number of rotatable bonds is 5. The number of amides is 1. The van der Waals surface area contributed by atoms with Gasteiger partial charge in [-0.25, -0.2) is 0 Å². The molecule has 21 heavy (non-hydrogen) atoms. The zero-order chi connectivity index (χ0) is 15.4. The summed E-state index contributed by atoms with van der Waals surface area (Å²) in [6.45, 7) is 5.72. The van der Waals surface area contributed by atoms with Gasteiger partial charge in [0.1, 0.15) is 5.75 Å². The van der Waals surface area contributed by atoms with Gasteiger partial charge in [-0.15, -0.1) is 0 Å². The van der Waals surface area contributed by atoms with Gasteiger partial charge in [0.2, 0.25) is 0 Å². The lowest BCUT2D eigenvalue weighted by molar-refractivity contribution is -0.127. The fourth-order valence-electron chi connectivity index (χ4n) is 2.72. The van der Waals surface area contributed by atoms with Gasteiger partial charge in [0.05, 0.1) is 0 Å². The highest BCUT2D eigenvalue weighted by Gasteiger charge is 2.22. The van der Waals surface area contributed by atoms with Crippen LogP contribution < -0.4 is 15.8 Å². The molecule has 116 valence electrons. The molecule has 4 nitrogen and oxygen atoms in total. The second-order valence-corrected chi connectivity index (χ2v) is 6.06. The molecule has 2 atom stereocenters. The number of carbonyl (C=O) groups is 1. The summed E-state index contributed by atoms with van der Waals surface area (Å²) in [5, 5.41) is 3.06. The van der Waals surface area contributed by atoms with Crippen molar-refractivity contribution in [3.63, 3.8) is 0 Å². The normalized spacial score (nSPS) is 18.3. The molecule has 1 fully saturated rings. The van der Waals surface area contributed by atoms with Gasteiger partial charge in [-0.05, 0) is 50.8 Å². The van der Waals surface area contributed by atoms with Crippen molar-refractivity contribution >= 4 is 5.91 Å². The number of hydrogen-bond donors (Lipinski definition) is 2. The Morgan fingerprint density at radius 3 is 2.57 bits per heavy atom. The molecule has 1 aliphatic carbocycles.